The molecular formula is C17H17N3O2S2. The van der Waals surface area contributed by atoms with Crippen molar-refractivity contribution in [1.82, 2.24) is 14.8 Å². The molecule has 0 saturated heterocycles. The molecule has 0 aliphatic carbocycles. The minimum Gasteiger partial charge on any atom is -0.496 e. The number of para-hydroxylation sites is 1. The number of hydrogen-bond donors (Lipinski definition) is 0. The monoisotopic (exact) mass is 359 g/mol. The van der Waals surface area contributed by atoms with E-state index in [9.17, 15) is 4.79 Å². The van der Waals surface area contributed by atoms with Crippen LogP contribution in [0.5, 0.6) is 5.75 Å². The third kappa shape index (κ3) is 3.37. The normalized spacial score (nSPS) is 10.8. The number of Topliss-reactive ketones (excluding diaryl/α,β-unsaturated/α-hetero) is 1. The predicted octanol–water partition coefficient (Wildman–Crippen LogP) is 4.01. The fourth-order valence-corrected chi connectivity index (χ4v) is 3.95. The molecule has 0 aliphatic heterocycles. The van der Waals surface area contributed by atoms with Gasteiger partial charge in [-0.25, -0.2) is 0 Å². The van der Waals surface area contributed by atoms with Crippen LogP contribution in [-0.2, 0) is 6.54 Å². The van der Waals surface area contributed by atoms with Gasteiger partial charge in [0.25, 0.3) is 0 Å². The molecule has 124 valence electrons. The maximum Gasteiger partial charge on any atom is 0.191 e. The summed E-state index contributed by atoms with van der Waals surface area (Å²) in [4.78, 5) is 13.6. The number of ketones is 1. The quantitative estimate of drug-likeness (QED) is 0.471. The van der Waals surface area contributed by atoms with Gasteiger partial charge in [-0.2, -0.15) is 0 Å². The third-order valence-electron chi connectivity index (χ3n) is 3.51. The lowest BCUT2D eigenvalue weighted by molar-refractivity contribution is 0.101. The Morgan fingerprint density at radius 1 is 1.25 bits per heavy atom. The van der Waals surface area contributed by atoms with Crippen molar-refractivity contribution in [1.29, 1.82) is 0 Å². The number of carbonyl (C=O) groups excluding carboxylic acids is 1. The minimum absolute atomic E-state index is 0.0146. The van der Waals surface area contributed by atoms with Crippen LogP contribution in [-0.4, -0.2) is 33.4 Å². The summed E-state index contributed by atoms with van der Waals surface area (Å²) >= 11 is 3.03. The van der Waals surface area contributed by atoms with Gasteiger partial charge in [0.15, 0.2) is 16.8 Å². The minimum atomic E-state index is 0.0146. The molecule has 0 spiro atoms. The molecule has 1 aromatic carbocycles. The van der Waals surface area contributed by atoms with Crippen molar-refractivity contribution in [2.24, 2.45) is 0 Å². The molecule has 0 unspecified atom stereocenters. The number of carbonyl (C=O) groups is 1. The van der Waals surface area contributed by atoms with Crippen LogP contribution >= 0.6 is 23.1 Å². The summed E-state index contributed by atoms with van der Waals surface area (Å²) < 4.78 is 7.29. The van der Waals surface area contributed by atoms with Crippen LogP contribution in [0.2, 0.25) is 0 Å². The predicted molar refractivity (Wildman–Crippen MR) is 97.1 cm³/mol. The molecule has 0 N–H and O–H groups in total. The Labute approximate surface area is 148 Å². The molecule has 2 heterocycles. The first kappa shape index (κ1) is 16.7. The van der Waals surface area contributed by atoms with Gasteiger partial charge in [0.05, 0.1) is 23.3 Å². The highest BCUT2D eigenvalue weighted by Crippen LogP contribution is 2.28. The number of rotatable bonds is 7. The van der Waals surface area contributed by atoms with Gasteiger partial charge in [-0.3, -0.25) is 4.79 Å². The van der Waals surface area contributed by atoms with Gasteiger partial charge >= 0.3 is 0 Å². The van der Waals surface area contributed by atoms with E-state index in [4.69, 9.17) is 4.74 Å². The highest BCUT2D eigenvalue weighted by atomic mass is 32.2. The number of ether oxygens (including phenoxy) is 1. The van der Waals surface area contributed by atoms with Gasteiger partial charge in [0.2, 0.25) is 0 Å². The van der Waals surface area contributed by atoms with Crippen LogP contribution in [0.3, 0.4) is 0 Å². The number of benzene rings is 1. The standard InChI is InChI=1S/C17H17N3O2S2/c1-3-20-16(15-9-6-10-23-15)18-19-17(20)24-11-13(21)12-7-4-5-8-14(12)22-2/h4-10H,3,11H2,1-2H3. The largest absolute Gasteiger partial charge is 0.496 e. The molecule has 3 aromatic rings. The molecule has 24 heavy (non-hydrogen) atoms. The van der Waals surface area contributed by atoms with E-state index >= 15 is 0 Å². The third-order valence-corrected chi connectivity index (χ3v) is 5.35. The van der Waals surface area contributed by atoms with E-state index in [2.05, 4.69) is 10.2 Å². The van der Waals surface area contributed by atoms with Gasteiger partial charge in [0, 0.05) is 6.54 Å². The van der Waals surface area contributed by atoms with Crippen LogP contribution in [0.25, 0.3) is 10.7 Å². The van der Waals surface area contributed by atoms with Crippen LogP contribution < -0.4 is 4.74 Å². The zero-order chi connectivity index (χ0) is 16.9. The zero-order valence-electron chi connectivity index (χ0n) is 13.4. The molecule has 3 rings (SSSR count). The second kappa shape index (κ2) is 7.63. The Kier molecular flexibility index (Phi) is 5.32. The molecule has 7 heteroatoms. The summed E-state index contributed by atoms with van der Waals surface area (Å²) in [7, 11) is 1.57. The Hall–Kier alpha value is -2.12. The Balaban J connectivity index is 1.76. The number of thioether (sulfide) groups is 1. The number of thiophene rings is 1. The summed E-state index contributed by atoms with van der Waals surface area (Å²) in [6.07, 6.45) is 0. The highest BCUT2D eigenvalue weighted by Gasteiger charge is 2.17. The molecule has 2 aromatic heterocycles. The smallest absolute Gasteiger partial charge is 0.191 e. The molecular weight excluding hydrogens is 342 g/mol. The van der Waals surface area contributed by atoms with Gasteiger partial charge in [-0.05, 0) is 30.5 Å². The van der Waals surface area contributed by atoms with E-state index in [1.165, 1.54) is 11.8 Å². The number of nitrogens with zero attached hydrogens (tertiary/aromatic N) is 3. The molecule has 0 fully saturated rings. The average molecular weight is 359 g/mol. The zero-order valence-corrected chi connectivity index (χ0v) is 15.1. The lowest BCUT2D eigenvalue weighted by atomic mass is 10.1. The van der Waals surface area contributed by atoms with E-state index in [1.807, 2.05) is 41.1 Å². The first-order valence-electron chi connectivity index (χ1n) is 7.50. The molecule has 5 nitrogen and oxygen atoms in total. The summed E-state index contributed by atoms with van der Waals surface area (Å²) in [6, 6.07) is 11.3. The number of aromatic nitrogens is 3. The first-order chi connectivity index (χ1) is 11.7. The van der Waals surface area contributed by atoms with Crippen molar-refractivity contribution in [2.75, 3.05) is 12.9 Å². The van der Waals surface area contributed by atoms with E-state index < -0.39 is 0 Å². The van der Waals surface area contributed by atoms with Gasteiger partial charge in [-0.1, -0.05) is 30.0 Å². The number of hydrogen-bond acceptors (Lipinski definition) is 6. The van der Waals surface area contributed by atoms with Crippen molar-refractivity contribution < 1.29 is 9.53 Å². The lowest BCUT2D eigenvalue weighted by Gasteiger charge is -2.08. The maximum absolute atomic E-state index is 12.5. The van der Waals surface area contributed by atoms with E-state index in [-0.39, 0.29) is 5.78 Å². The van der Waals surface area contributed by atoms with Crippen molar-refractivity contribution >= 4 is 28.9 Å². The second-order valence-electron chi connectivity index (χ2n) is 4.94. The van der Waals surface area contributed by atoms with Crippen LogP contribution in [0.4, 0.5) is 0 Å². The summed E-state index contributed by atoms with van der Waals surface area (Å²) in [6.45, 7) is 2.80. The second-order valence-corrected chi connectivity index (χ2v) is 6.83. The van der Waals surface area contributed by atoms with Crippen molar-refractivity contribution in [3.05, 3.63) is 47.3 Å². The Morgan fingerprint density at radius 2 is 2.08 bits per heavy atom. The van der Waals surface area contributed by atoms with E-state index in [0.717, 1.165) is 22.4 Å². The summed E-state index contributed by atoms with van der Waals surface area (Å²) in [5.74, 6) is 1.75. The number of methoxy groups -OCH3 is 1. The fourth-order valence-electron chi connectivity index (χ4n) is 2.35. The average Bonchev–Trinajstić information content (AvgIpc) is 3.28. The molecule has 0 amide bonds. The van der Waals surface area contributed by atoms with Crippen molar-refractivity contribution in [3.63, 3.8) is 0 Å². The fraction of sp³-hybridized carbons (Fsp3) is 0.235. The topological polar surface area (TPSA) is 57.0 Å². The highest BCUT2D eigenvalue weighted by molar-refractivity contribution is 7.99. The Morgan fingerprint density at radius 3 is 2.79 bits per heavy atom. The SMILES string of the molecule is CCn1c(SCC(=O)c2ccccc2OC)nnc1-c1cccs1. The van der Waals surface area contributed by atoms with Crippen LogP contribution in [0.15, 0.2) is 46.9 Å². The van der Waals surface area contributed by atoms with Gasteiger partial charge in [0.1, 0.15) is 5.75 Å². The van der Waals surface area contributed by atoms with Gasteiger partial charge < -0.3 is 9.30 Å². The van der Waals surface area contributed by atoms with Crippen molar-refractivity contribution in [3.8, 4) is 16.5 Å². The van der Waals surface area contributed by atoms with Crippen molar-refractivity contribution in [2.45, 2.75) is 18.6 Å². The van der Waals surface area contributed by atoms with Gasteiger partial charge in [-0.15, -0.1) is 21.5 Å². The molecule has 0 radical (unpaired) electrons. The van der Waals surface area contributed by atoms with Crippen LogP contribution in [0, 0.1) is 0 Å². The molecule has 0 atom stereocenters. The Bertz CT molecular complexity index is 828. The molecule has 0 aliphatic rings. The molecule has 0 bridgehead atoms. The van der Waals surface area contributed by atoms with E-state index in [0.29, 0.717) is 17.1 Å². The lowest BCUT2D eigenvalue weighted by Crippen LogP contribution is -2.06. The van der Waals surface area contributed by atoms with E-state index in [1.54, 1.807) is 30.6 Å². The summed E-state index contributed by atoms with van der Waals surface area (Å²) in [5.41, 5.74) is 0.591. The first-order valence-corrected chi connectivity index (χ1v) is 9.37. The summed E-state index contributed by atoms with van der Waals surface area (Å²) in [5, 5.41) is 11.3. The molecule has 0 saturated carbocycles. The maximum atomic E-state index is 12.5. The van der Waals surface area contributed by atoms with Crippen LogP contribution in [0.1, 0.15) is 17.3 Å².